The van der Waals surface area contributed by atoms with Crippen LogP contribution in [0.5, 0.6) is 0 Å². The maximum Gasteiger partial charge on any atom is 0.0640 e. The van der Waals surface area contributed by atoms with Gasteiger partial charge in [-0.05, 0) is 47.6 Å². The van der Waals surface area contributed by atoms with Crippen molar-refractivity contribution in [3.8, 4) is 0 Å². The third kappa shape index (κ3) is 2.02. The molecular formula is C15H15ClN2. The van der Waals surface area contributed by atoms with Crippen LogP contribution in [0, 0.1) is 0 Å². The number of hydrogen-bond donors (Lipinski definition) is 1. The van der Waals surface area contributed by atoms with Crippen molar-refractivity contribution >= 4 is 11.6 Å². The van der Waals surface area contributed by atoms with E-state index in [1.165, 1.54) is 30.4 Å². The molecule has 0 radical (unpaired) electrons. The third-order valence-electron chi connectivity index (χ3n) is 3.62. The number of halogens is 1. The molecule has 1 atom stereocenters. The monoisotopic (exact) mass is 258 g/mol. The van der Waals surface area contributed by atoms with Crippen LogP contribution in [-0.2, 0) is 12.8 Å². The Morgan fingerprint density at radius 2 is 2.00 bits per heavy atom. The first-order chi connectivity index (χ1) is 8.75. The molecule has 1 aliphatic rings. The minimum absolute atomic E-state index is 0.175. The normalized spacial score (nSPS) is 15.4. The number of aromatic nitrogens is 1. The SMILES string of the molecule is NC(c1ccc2c(c1)CCC2)c1ccncc1Cl. The van der Waals surface area contributed by atoms with Crippen LogP contribution in [0.1, 0.15) is 34.7 Å². The molecule has 3 heteroatoms. The summed E-state index contributed by atoms with van der Waals surface area (Å²) in [7, 11) is 0. The fourth-order valence-corrected chi connectivity index (χ4v) is 2.84. The Morgan fingerprint density at radius 1 is 1.17 bits per heavy atom. The molecule has 1 aliphatic carbocycles. The smallest absolute Gasteiger partial charge is 0.0640 e. The van der Waals surface area contributed by atoms with Gasteiger partial charge in [0, 0.05) is 12.4 Å². The van der Waals surface area contributed by atoms with E-state index in [9.17, 15) is 0 Å². The van der Waals surface area contributed by atoms with Crippen LogP contribution in [0.15, 0.2) is 36.7 Å². The second-order valence-corrected chi connectivity index (χ2v) is 5.16. The summed E-state index contributed by atoms with van der Waals surface area (Å²) in [6, 6.07) is 8.26. The molecule has 1 aromatic carbocycles. The van der Waals surface area contributed by atoms with E-state index in [2.05, 4.69) is 23.2 Å². The van der Waals surface area contributed by atoms with E-state index in [0.717, 1.165) is 11.1 Å². The molecule has 92 valence electrons. The molecule has 0 spiro atoms. The average Bonchev–Trinajstić information content (AvgIpc) is 2.85. The summed E-state index contributed by atoms with van der Waals surface area (Å²) >= 11 is 6.14. The Balaban J connectivity index is 1.98. The molecule has 0 fully saturated rings. The molecule has 0 bridgehead atoms. The van der Waals surface area contributed by atoms with E-state index in [4.69, 9.17) is 17.3 Å². The van der Waals surface area contributed by atoms with Crippen molar-refractivity contribution in [1.29, 1.82) is 0 Å². The molecule has 1 unspecified atom stereocenters. The van der Waals surface area contributed by atoms with Crippen LogP contribution in [0.2, 0.25) is 5.02 Å². The first-order valence-electron chi connectivity index (χ1n) is 6.22. The Kier molecular flexibility index (Phi) is 3.06. The molecule has 3 rings (SSSR count). The van der Waals surface area contributed by atoms with Crippen molar-refractivity contribution < 1.29 is 0 Å². The molecule has 18 heavy (non-hydrogen) atoms. The summed E-state index contributed by atoms with van der Waals surface area (Å²) in [6.45, 7) is 0. The molecule has 0 amide bonds. The molecule has 1 heterocycles. The lowest BCUT2D eigenvalue weighted by Crippen LogP contribution is -2.12. The molecule has 1 aromatic heterocycles. The summed E-state index contributed by atoms with van der Waals surface area (Å²) in [4.78, 5) is 3.99. The predicted molar refractivity (Wildman–Crippen MR) is 73.7 cm³/mol. The van der Waals surface area contributed by atoms with E-state index in [0.29, 0.717) is 5.02 Å². The lowest BCUT2D eigenvalue weighted by atomic mass is 9.97. The number of aryl methyl sites for hydroxylation is 2. The average molecular weight is 259 g/mol. The van der Waals surface area contributed by atoms with Gasteiger partial charge >= 0.3 is 0 Å². The Morgan fingerprint density at radius 3 is 2.83 bits per heavy atom. The molecule has 2 nitrogen and oxygen atoms in total. The number of nitrogens with two attached hydrogens (primary N) is 1. The van der Waals surface area contributed by atoms with E-state index in [-0.39, 0.29) is 6.04 Å². The number of pyridine rings is 1. The summed E-state index contributed by atoms with van der Waals surface area (Å²) in [6.07, 6.45) is 6.99. The minimum atomic E-state index is -0.175. The number of rotatable bonds is 2. The van der Waals surface area contributed by atoms with Crippen molar-refractivity contribution in [2.75, 3.05) is 0 Å². The second kappa shape index (κ2) is 4.71. The van der Waals surface area contributed by atoms with Gasteiger partial charge in [0.1, 0.15) is 0 Å². The Labute approximate surface area is 112 Å². The minimum Gasteiger partial charge on any atom is -0.320 e. The van der Waals surface area contributed by atoms with Crippen molar-refractivity contribution in [1.82, 2.24) is 4.98 Å². The first kappa shape index (κ1) is 11.7. The summed E-state index contributed by atoms with van der Waals surface area (Å²) in [5, 5.41) is 0.630. The van der Waals surface area contributed by atoms with Gasteiger partial charge < -0.3 is 5.73 Å². The van der Waals surface area contributed by atoms with Gasteiger partial charge in [0.05, 0.1) is 11.1 Å². The molecule has 2 N–H and O–H groups in total. The van der Waals surface area contributed by atoms with E-state index < -0.39 is 0 Å². The summed E-state index contributed by atoms with van der Waals surface area (Å²) in [5.41, 5.74) is 11.3. The standard InChI is InChI=1S/C15H15ClN2/c16-14-9-18-7-6-13(14)15(17)12-5-4-10-2-1-3-11(10)8-12/h4-9,15H,1-3,17H2. The molecule has 2 aromatic rings. The molecular weight excluding hydrogens is 244 g/mol. The number of nitrogens with zero attached hydrogens (tertiary/aromatic N) is 1. The van der Waals surface area contributed by atoms with Gasteiger partial charge in [0.25, 0.3) is 0 Å². The van der Waals surface area contributed by atoms with Gasteiger partial charge in [-0.15, -0.1) is 0 Å². The van der Waals surface area contributed by atoms with Crippen molar-refractivity contribution in [3.63, 3.8) is 0 Å². The maximum absolute atomic E-state index is 6.30. The van der Waals surface area contributed by atoms with Crippen molar-refractivity contribution in [3.05, 3.63) is 63.9 Å². The van der Waals surface area contributed by atoms with Gasteiger partial charge in [-0.2, -0.15) is 0 Å². The molecule has 0 aliphatic heterocycles. The quantitative estimate of drug-likeness (QED) is 0.898. The highest BCUT2D eigenvalue weighted by atomic mass is 35.5. The maximum atomic E-state index is 6.30. The molecule has 0 saturated heterocycles. The van der Waals surface area contributed by atoms with E-state index >= 15 is 0 Å². The van der Waals surface area contributed by atoms with Gasteiger partial charge in [0.15, 0.2) is 0 Å². The first-order valence-corrected chi connectivity index (χ1v) is 6.60. The van der Waals surface area contributed by atoms with Crippen LogP contribution in [-0.4, -0.2) is 4.98 Å². The highest BCUT2D eigenvalue weighted by Crippen LogP contribution is 2.29. The van der Waals surface area contributed by atoms with Crippen LogP contribution in [0.3, 0.4) is 0 Å². The van der Waals surface area contributed by atoms with Crippen LogP contribution >= 0.6 is 11.6 Å². The van der Waals surface area contributed by atoms with Gasteiger partial charge in [-0.25, -0.2) is 0 Å². The predicted octanol–water partition coefficient (Wildman–Crippen LogP) is 3.27. The van der Waals surface area contributed by atoms with E-state index in [1.54, 1.807) is 12.4 Å². The Bertz CT molecular complexity index is 580. The van der Waals surface area contributed by atoms with Gasteiger partial charge in [-0.3, -0.25) is 4.98 Å². The third-order valence-corrected chi connectivity index (χ3v) is 3.94. The van der Waals surface area contributed by atoms with Gasteiger partial charge in [-0.1, -0.05) is 29.8 Å². The highest BCUT2D eigenvalue weighted by Gasteiger charge is 2.16. The lowest BCUT2D eigenvalue weighted by Gasteiger charge is -2.15. The van der Waals surface area contributed by atoms with Crippen LogP contribution in [0.4, 0.5) is 0 Å². The summed E-state index contributed by atoms with van der Waals surface area (Å²) < 4.78 is 0. The van der Waals surface area contributed by atoms with Crippen molar-refractivity contribution in [2.45, 2.75) is 25.3 Å². The van der Waals surface area contributed by atoms with E-state index in [1.807, 2.05) is 6.07 Å². The fraction of sp³-hybridized carbons (Fsp3) is 0.267. The number of fused-ring (bicyclic) bond motifs is 1. The Hall–Kier alpha value is -1.38. The second-order valence-electron chi connectivity index (χ2n) is 4.76. The van der Waals surface area contributed by atoms with Crippen LogP contribution < -0.4 is 5.73 Å². The zero-order chi connectivity index (χ0) is 12.5. The largest absolute Gasteiger partial charge is 0.320 e. The van der Waals surface area contributed by atoms with Crippen LogP contribution in [0.25, 0.3) is 0 Å². The topological polar surface area (TPSA) is 38.9 Å². The zero-order valence-corrected chi connectivity index (χ0v) is 10.8. The molecule has 0 saturated carbocycles. The summed E-state index contributed by atoms with van der Waals surface area (Å²) in [5.74, 6) is 0. The zero-order valence-electron chi connectivity index (χ0n) is 10.1. The number of hydrogen-bond acceptors (Lipinski definition) is 2. The fourth-order valence-electron chi connectivity index (χ4n) is 2.60. The lowest BCUT2D eigenvalue weighted by molar-refractivity contribution is 0.864. The highest BCUT2D eigenvalue weighted by molar-refractivity contribution is 6.31. The van der Waals surface area contributed by atoms with Gasteiger partial charge in [0.2, 0.25) is 0 Å². The number of benzene rings is 1. The van der Waals surface area contributed by atoms with Crippen molar-refractivity contribution in [2.24, 2.45) is 5.73 Å².